The number of nitrogen functional groups attached to an aromatic ring is 1. The number of carbonyl (C=O) groups excluding carboxylic acids is 1. The average molecular weight is 235 g/mol. The Bertz CT molecular complexity index is 511. The number of nitrogens with zero attached hydrogens (tertiary/aromatic N) is 3. The van der Waals surface area contributed by atoms with Crippen LogP contribution in [0.25, 0.3) is 0 Å². The van der Waals surface area contributed by atoms with Gasteiger partial charge in [0, 0.05) is 0 Å². The number of nitrogens with two attached hydrogens (primary N) is 1. The van der Waals surface area contributed by atoms with Crippen molar-refractivity contribution in [3.05, 3.63) is 29.0 Å². The summed E-state index contributed by atoms with van der Waals surface area (Å²) < 4.78 is 0. The molecule has 6 nitrogen and oxygen atoms in total. The molecule has 0 saturated heterocycles. The summed E-state index contributed by atoms with van der Waals surface area (Å²) in [6.45, 7) is 1.74. The molecule has 2 heterocycles. The van der Waals surface area contributed by atoms with Crippen LogP contribution in [0.15, 0.2) is 17.8 Å². The zero-order chi connectivity index (χ0) is 11.5. The number of rotatable bonds is 2. The molecule has 1 amide bonds. The van der Waals surface area contributed by atoms with Crippen molar-refractivity contribution in [2.45, 2.75) is 6.92 Å². The van der Waals surface area contributed by atoms with Crippen LogP contribution in [0.5, 0.6) is 0 Å². The molecule has 3 N–H and O–H groups in total. The van der Waals surface area contributed by atoms with Gasteiger partial charge in [-0.05, 0) is 13.0 Å². The summed E-state index contributed by atoms with van der Waals surface area (Å²) in [5, 5.41) is 10.4. The van der Waals surface area contributed by atoms with Crippen LogP contribution in [-0.2, 0) is 0 Å². The minimum atomic E-state index is -0.283. The van der Waals surface area contributed by atoms with Crippen molar-refractivity contribution in [2.75, 3.05) is 11.1 Å². The van der Waals surface area contributed by atoms with E-state index in [1.165, 1.54) is 17.5 Å². The Labute approximate surface area is 95.5 Å². The van der Waals surface area contributed by atoms with E-state index in [4.69, 9.17) is 5.73 Å². The lowest BCUT2D eigenvalue weighted by Crippen LogP contribution is -2.14. The summed E-state index contributed by atoms with van der Waals surface area (Å²) in [5.74, 6) is -0.283. The molecule has 7 heteroatoms. The number of aryl methyl sites for hydroxylation is 1. The molecule has 2 aromatic heterocycles. The molecule has 0 aliphatic carbocycles. The fourth-order valence-corrected chi connectivity index (χ4v) is 1.61. The normalized spacial score (nSPS) is 10.1. The Kier molecular flexibility index (Phi) is 2.78. The molecule has 0 atom stereocenters. The standard InChI is InChI=1S/C9H9N5OS/c1-5-7(2-6(10)3-11-5)8(15)13-9-14-12-4-16-9/h2-4H,10H2,1H3,(H,13,14,15). The largest absolute Gasteiger partial charge is 0.397 e. The van der Waals surface area contributed by atoms with Gasteiger partial charge >= 0.3 is 0 Å². The number of anilines is 2. The molecule has 0 saturated carbocycles. The van der Waals surface area contributed by atoms with Crippen LogP contribution in [0.1, 0.15) is 16.1 Å². The average Bonchev–Trinajstić information content (AvgIpc) is 2.74. The molecule has 0 radical (unpaired) electrons. The molecule has 0 aliphatic heterocycles. The number of nitrogens with one attached hydrogen (secondary N) is 1. The lowest BCUT2D eigenvalue weighted by molar-refractivity contribution is 0.102. The van der Waals surface area contributed by atoms with Gasteiger partial charge in [0.15, 0.2) is 0 Å². The number of pyridine rings is 1. The van der Waals surface area contributed by atoms with Crippen LogP contribution >= 0.6 is 11.3 Å². The van der Waals surface area contributed by atoms with E-state index in [0.717, 1.165) is 0 Å². The zero-order valence-corrected chi connectivity index (χ0v) is 9.28. The van der Waals surface area contributed by atoms with Gasteiger partial charge in [0.05, 0.1) is 23.1 Å². The van der Waals surface area contributed by atoms with Crippen molar-refractivity contribution in [3.63, 3.8) is 0 Å². The second-order valence-electron chi connectivity index (χ2n) is 3.10. The maximum absolute atomic E-state index is 11.8. The molecule has 0 spiro atoms. The number of amides is 1. The van der Waals surface area contributed by atoms with Crippen LogP contribution in [0.2, 0.25) is 0 Å². The van der Waals surface area contributed by atoms with E-state index < -0.39 is 0 Å². The maximum atomic E-state index is 11.8. The Hall–Kier alpha value is -2.02. The first-order chi connectivity index (χ1) is 7.66. The molecule has 0 aliphatic rings. The molecule has 0 bridgehead atoms. The predicted molar refractivity (Wildman–Crippen MR) is 61.2 cm³/mol. The Morgan fingerprint density at radius 2 is 2.38 bits per heavy atom. The van der Waals surface area contributed by atoms with Crippen LogP contribution in [0, 0.1) is 6.92 Å². The van der Waals surface area contributed by atoms with E-state index in [1.54, 1.807) is 18.5 Å². The van der Waals surface area contributed by atoms with E-state index in [0.29, 0.717) is 22.1 Å². The number of hydrogen-bond acceptors (Lipinski definition) is 6. The Morgan fingerprint density at radius 1 is 1.56 bits per heavy atom. The zero-order valence-electron chi connectivity index (χ0n) is 8.47. The van der Waals surface area contributed by atoms with Crippen molar-refractivity contribution < 1.29 is 4.79 Å². The summed E-state index contributed by atoms with van der Waals surface area (Å²) in [6.07, 6.45) is 1.51. The summed E-state index contributed by atoms with van der Waals surface area (Å²) >= 11 is 1.25. The molecular weight excluding hydrogens is 226 g/mol. The quantitative estimate of drug-likeness (QED) is 0.812. The lowest BCUT2D eigenvalue weighted by atomic mass is 10.2. The minimum absolute atomic E-state index is 0.283. The molecule has 0 aromatic carbocycles. The van der Waals surface area contributed by atoms with Gasteiger partial charge in [0.1, 0.15) is 5.51 Å². The highest BCUT2D eigenvalue weighted by Crippen LogP contribution is 2.14. The van der Waals surface area contributed by atoms with Crippen LogP contribution in [0.3, 0.4) is 0 Å². The van der Waals surface area contributed by atoms with Gasteiger partial charge < -0.3 is 5.73 Å². The van der Waals surface area contributed by atoms with Crippen molar-refractivity contribution in [1.82, 2.24) is 15.2 Å². The van der Waals surface area contributed by atoms with Crippen molar-refractivity contribution >= 4 is 28.1 Å². The number of hydrogen-bond donors (Lipinski definition) is 2. The van der Waals surface area contributed by atoms with Gasteiger partial charge in [-0.25, -0.2) is 0 Å². The highest BCUT2D eigenvalue weighted by Gasteiger charge is 2.11. The lowest BCUT2D eigenvalue weighted by Gasteiger charge is -2.04. The van der Waals surface area contributed by atoms with E-state index >= 15 is 0 Å². The third-order valence-electron chi connectivity index (χ3n) is 1.93. The highest BCUT2D eigenvalue weighted by atomic mass is 32.1. The molecular formula is C9H9N5OS. The first-order valence-corrected chi connectivity index (χ1v) is 5.34. The van der Waals surface area contributed by atoms with Crippen molar-refractivity contribution in [1.29, 1.82) is 0 Å². The summed E-state index contributed by atoms with van der Waals surface area (Å²) in [7, 11) is 0. The third-order valence-corrected chi connectivity index (χ3v) is 2.54. The van der Waals surface area contributed by atoms with E-state index in [1.807, 2.05) is 0 Å². The Balaban J connectivity index is 2.24. The first-order valence-electron chi connectivity index (χ1n) is 4.46. The summed E-state index contributed by atoms with van der Waals surface area (Å²) in [4.78, 5) is 15.8. The third kappa shape index (κ3) is 2.14. The maximum Gasteiger partial charge on any atom is 0.259 e. The minimum Gasteiger partial charge on any atom is -0.397 e. The van der Waals surface area contributed by atoms with Crippen molar-refractivity contribution in [2.24, 2.45) is 0 Å². The fraction of sp³-hybridized carbons (Fsp3) is 0.111. The molecule has 0 unspecified atom stereocenters. The van der Waals surface area contributed by atoms with Gasteiger partial charge in [0.2, 0.25) is 5.13 Å². The van der Waals surface area contributed by atoms with Crippen molar-refractivity contribution in [3.8, 4) is 0 Å². The van der Waals surface area contributed by atoms with Crippen LogP contribution < -0.4 is 11.1 Å². The molecule has 2 rings (SSSR count). The van der Waals surface area contributed by atoms with Gasteiger partial charge in [-0.1, -0.05) is 11.3 Å². The molecule has 2 aromatic rings. The molecule has 16 heavy (non-hydrogen) atoms. The number of aromatic nitrogens is 3. The second-order valence-corrected chi connectivity index (χ2v) is 3.93. The predicted octanol–water partition coefficient (Wildman–Crippen LogP) is 1.08. The highest BCUT2D eigenvalue weighted by molar-refractivity contribution is 7.13. The fourth-order valence-electron chi connectivity index (χ4n) is 1.17. The molecule has 82 valence electrons. The van der Waals surface area contributed by atoms with E-state index in [9.17, 15) is 4.79 Å². The van der Waals surface area contributed by atoms with E-state index in [-0.39, 0.29) is 5.91 Å². The number of carbonyl (C=O) groups is 1. The van der Waals surface area contributed by atoms with Gasteiger partial charge in [-0.3, -0.25) is 15.1 Å². The second kappa shape index (κ2) is 4.23. The first kappa shape index (κ1) is 10.5. The summed E-state index contributed by atoms with van der Waals surface area (Å²) in [6, 6.07) is 1.58. The van der Waals surface area contributed by atoms with Gasteiger partial charge in [0.25, 0.3) is 5.91 Å². The van der Waals surface area contributed by atoms with Gasteiger partial charge in [-0.2, -0.15) is 0 Å². The molecule has 0 fully saturated rings. The van der Waals surface area contributed by atoms with Crippen LogP contribution in [-0.4, -0.2) is 21.1 Å². The monoisotopic (exact) mass is 235 g/mol. The smallest absolute Gasteiger partial charge is 0.259 e. The Morgan fingerprint density at radius 3 is 3.06 bits per heavy atom. The van der Waals surface area contributed by atoms with Gasteiger partial charge in [-0.15, -0.1) is 10.2 Å². The van der Waals surface area contributed by atoms with Crippen LogP contribution in [0.4, 0.5) is 10.8 Å². The SMILES string of the molecule is Cc1ncc(N)cc1C(=O)Nc1nncs1. The van der Waals surface area contributed by atoms with E-state index in [2.05, 4.69) is 20.5 Å². The summed E-state index contributed by atoms with van der Waals surface area (Å²) in [5.41, 5.74) is 8.63. The topological polar surface area (TPSA) is 93.8 Å².